The number of hydrogen-bond acceptors (Lipinski definition) is 1. The summed E-state index contributed by atoms with van der Waals surface area (Å²) < 4.78 is 27.0. The van der Waals surface area contributed by atoms with Gasteiger partial charge in [0.1, 0.15) is 0 Å². The van der Waals surface area contributed by atoms with Crippen molar-refractivity contribution < 1.29 is 8.78 Å². The molecule has 0 aliphatic heterocycles. The van der Waals surface area contributed by atoms with Crippen LogP contribution in [0.25, 0.3) is 0 Å². The van der Waals surface area contributed by atoms with Crippen molar-refractivity contribution >= 4 is 15.9 Å². The first-order valence-corrected chi connectivity index (χ1v) is 7.73. The van der Waals surface area contributed by atoms with E-state index < -0.39 is 11.6 Å². The summed E-state index contributed by atoms with van der Waals surface area (Å²) in [7, 11) is 1.88. The van der Waals surface area contributed by atoms with Gasteiger partial charge in [0.05, 0.1) is 4.47 Å². The predicted molar refractivity (Wildman–Crippen MR) is 77.1 cm³/mol. The molecule has 0 amide bonds. The molecule has 1 atom stereocenters. The van der Waals surface area contributed by atoms with Crippen LogP contribution in [-0.2, 0) is 0 Å². The molecule has 1 N–H and O–H groups in total. The van der Waals surface area contributed by atoms with Gasteiger partial charge in [0.2, 0.25) is 0 Å². The molecule has 1 nitrogen and oxygen atoms in total. The average Bonchev–Trinajstić information content (AvgIpc) is 2.44. The van der Waals surface area contributed by atoms with E-state index in [0.29, 0.717) is 5.92 Å². The van der Waals surface area contributed by atoms with E-state index in [4.69, 9.17) is 0 Å². The van der Waals surface area contributed by atoms with Gasteiger partial charge < -0.3 is 5.32 Å². The minimum Gasteiger partial charge on any atom is -0.313 e. The Kier molecular flexibility index (Phi) is 5.34. The van der Waals surface area contributed by atoms with Crippen LogP contribution >= 0.6 is 15.9 Å². The first-order chi connectivity index (χ1) is 9.13. The summed E-state index contributed by atoms with van der Waals surface area (Å²) in [6.07, 6.45) is 7.40. The highest BCUT2D eigenvalue weighted by Crippen LogP contribution is 2.35. The lowest BCUT2D eigenvalue weighted by atomic mass is 9.83. The second-order valence-electron chi connectivity index (χ2n) is 5.35. The van der Waals surface area contributed by atoms with Gasteiger partial charge in [-0.15, -0.1) is 0 Å². The molecule has 1 fully saturated rings. The highest BCUT2D eigenvalue weighted by molar-refractivity contribution is 9.10. The van der Waals surface area contributed by atoms with Crippen LogP contribution in [0.15, 0.2) is 16.6 Å². The largest absolute Gasteiger partial charge is 0.313 e. The topological polar surface area (TPSA) is 12.0 Å². The van der Waals surface area contributed by atoms with Gasteiger partial charge in [-0.1, -0.05) is 38.2 Å². The van der Waals surface area contributed by atoms with Crippen molar-refractivity contribution in [3.05, 3.63) is 33.8 Å². The second kappa shape index (κ2) is 6.80. The Bertz CT molecular complexity index is 430. The molecule has 0 aromatic heterocycles. The molecule has 19 heavy (non-hydrogen) atoms. The van der Waals surface area contributed by atoms with E-state index in [1.807, 2.05) is 7.05 Å². The lowest BCUT2D eigenvalue weighted by molar-refractivity contribution is 0.305. The van der Waals surface area contributed by atoms with E-state index in [0.717, 1.165) is 12.0 Å². The van der Waals surface area contributed by atoms with E-state index in [9.17, 15) is 8.78 Å². The molecule has 1 aromatic rings. The van der Waals surface area contributed by atoms with Crippen molar-refractivity contribution in [2.45, 2.75) is 44.6 Å². The molecule has 2 rings (SSSR count). The van der Waals surface area contributed by atoms with Crippen molar-refractivity contribution in [3.63, 3.8) is 0 Å². The van der Waals surface area contributed by atoms with Crippen LogP contribution in [0.2, 0.25) is 0 Å². The van der Waals surface area contributed by atoms with E-state index in [2.05, 4.69) is 21.2 Å². The highest BCUT2D eigenvalue weighted by atomic mass is 79.9. The smallest absolute Gasteiger partial charge is 0.173 e. The van der Waals surface area contributed by atoms with E-state index in [1.165, 1.54) is 38.2 Å². The first kappa shape index (κ1) is 14.9. The van der Waals surface area contributed by atoms with Crippen LogP contribution in [0.5, 0.6) is 0 Å². The third kappa shape index (κ3) is 3.54. The SMILES string of the molecule is CNC(CC1CCCCC1)c1ccc(F)c(F)c1Br. The normalized spacial score (nSPS) is 18.5. The molecule has 0 bridgehead atoms. The Labute approximate surface area is 121 Å². The summed E-state index contributed by atoms with van der Waals surface area (Å²) in [5.41, 5.74) is 0.812. The monoisotopic (exact) mass is 331 g/mol. The Balaban J connectivity index is 2.14. The van der Waals surface area contributed by atoms with Gasteiger partial charge in [-0.3, -0.25) is 0 Å². The van der Waals surface area contributed by atoms with Crippen molar-refractivity contribution in [2.24, 2.45) is 5.92 Å². The molecule has 0 saturated heterocycles. The lowest BCUT2D eigenvalue weighted by Gasteiger charge is -2.27. The van der Waals surface area contributed by atoms with Crippen LogP contribution < -0.4 is 5.32 Å². The second-order valence-corrected chi connectivity index (χ2v) is 6.14. The van der Waals surface area contributed by atoms with Crippen molar-refractivity contribution in [1.29, 1.82) is 0 Å². The number of nitrogens with one attached hydrogen (secondary N) is 1. The highest BCUT2D eigenvalue weighted by Gasteiger charge is 2.22. The molecule has 1 unspecified atom stereocenters. The average molecular weight is 332 g/mol. The van der Waals surface area contributed by atoms with Crippen molar-refractivity contribution in [2.75, 3.05) is 7.05 Å². The molecule has 1 saturated carbocycles. The van der Waals surface area contributed by atoms with Gasteiger partial charge in [-0.05, 0) is 46.9 Å². The van der Waals surface area contributed by atoms with Crippen molar-refractivity contribution in [3.8, 4) is 0 Å². The van der Waals surface area contributed by atoms with E-state index >= 15 is 0 Å². The molecule has 1 aliphatic carbocycles. The molecule has 1 aliphatic rings. The Hall–Kier alpha value is -0.480. The zero-order valence-electron chi connectivity index (χ0n) is 11.2. The zero-order valence-corrected chi connectivity index (χ0v) is 12.8. The van der Waals surface area contributed by atoms with Crippen LogP contribution in [0.4, 0.5) is 8.78 Å². The number of benzene rings is 1. The number of halogens is 3. The number of hydrogen-bond donors (Lipinski definition) is 1. The maximum absolute atomic E-state index is 13.6. The first-order valence-electron chi connectivity index (χ1n) is 6.94. The Morgan fingerprint density at radius 2 is 1.95 bits per heavy atom. The van der Waals surface area contributed by atoms with Crippen LogP contribution in [0.1, 0.15) is 50.1 Å². The van der Waals surface area contributed by atoms with Crippen LogP contribution in [0.3, 0.4) is 0 Å². The fourth-order valence-corrected chi connectivity index (χ4v) is 3.56. The van der Waals surface area contributed by atoms with Gasteiger partial charge in [0.15, 0.2) is 11.6 Å². The summed E-state index contributed by atoms with van der Waals surface area (Å²) >= 11 is 3.18. The van der Waals surface area contributed by atoms with Gasteiger partial charge in [0, 0.05) is 6.04 Å². The fourth-order valence-electron chi connectivity index (χ4n) is 2.97. The molecule has 106 valence electrons. The fraction of sp³-hybridized carbons (Fsp3) is 0.600. The van der Waals surface area contributed by atoms with Crippen molar-refractivity contribution in [1.82, 2.24) is 5.32 Å². The van der Waals surface area contributed by atoms with Gasteiger partial charge in [0.25, 0.3) is 0 Å². The Morgan fingerprint density at radius 1 is 1.26 bits per heavy atom. The summed E-state index contributed by atoms with van der Waals surface area (Å²) in [5.74, 6) is -0.907. The summed E-state index contributed by atoms with van der Waals surface area (Å²) in [5, 5.41) is 3.23. The van der Waals surface area contributed by atoms with Gasteiger partial charge in [-0.25, -0.2) is 8.78 Å². The summed E-state index contributed by atoms with van der Waals surface area (Å²) in [6.45, 7) is 0. The lowest BCUT2D eigenvalue weighted by Crippen LogP contribution is -2.22. The summed E-state index contributed by atoms with van der Waals surface area (Å²) in [6, 6.07) is 2.96. The van der Waals surface area contributed by atoms with E-state index in [-0.39, 0.29) is 10.5 Å². The summed E-state index contributed by atoms with van der Waals surface area (Å²) in [4.78, 5) is 0. The maximum atomic E-state index is 13.6. The maximum Gasteiger partial charge on any atom is 0.173 e. The Morgan fingerprint density at radius 3 is 2.58 bits per heavy atom. The van der Waals surface area contributed by atoms with Crippen LogP contribution in [-0.4, -0.2) is 7.05 Å². The van der Waals surface area contributed by atoms with E-state index in [1.54, 1.807) is 6.07 Å². The number of rotatable bonds is 4. The zero-order chi connectivity index (χ0) is 13.8. The predicted octanol–water partition coefficient (Wildman–Crippen LogP) is 4.96. The van der Waals surface area contributed by atoms with Crippen LogP contribution in [0, 0.1) is 17.6 Å². The molecular weight excluding hydrogens is 312 g/mol. The third-order valence-electron chi connectivity index (χ3n) is 4.08. The minimum absolute atomic E-state index is 0.0765. The quantitative estimate of drug-likeness (QED) is 0.769. The van der Waals surface area contributed by atoms with Gasteiger partial charge in [-0.2, -0.15) is 0 Å². The minimum atomic E-state index is -0.803. The molecule has 4 heteroatoms. The van der Waals surface area contributed by atoms with Gasteiger partial charge >= 0.3 is 0 Å². The molecule has 0 heterocycles. The molecule has 0 radical (unpaired) electrons. The molecule has 1 aromatic carbocycles. The molecular formula is C15H20BrF2N. The third-order valence-corrected chi connectivity index (χ3v) is 4.89. The molecule has 0 spiro atoms. The standard InChI is InChI=1S/C15H20BrF2N/c1-19-13(9-10-5-3-2-4-6-10)11-7-8-12(17)15(18)14(11)16/h7-8,10,13,19H,2-6,9H2,1H3.